The molecule has 0 N–H and O–H groups in total. The highest BCUT2D eigenvalue weighted by molar-refractivity contribution is 5.69. The molecule has 0 aromatic heterocycles. The number of fused-ring (bicyclic) bond motifs is 5. The van der Waals surface area contributed by atoms with E-state index in [0.29, 0.717) is 29.1 Å². The van der Waals surface area contributed by atoms with Crippen molar-refractivity contribution in [3.05, 3.63) is 23.8 Å². The van der Waals surface area contributed by atoms with E-state index in [9.17, 15) is 4.79 Å². The number of hydrogen-bond acceptors (Lipinski definition) is 2. The van der Waals surface area contributed by atoms with Gasteiger partial charge in [-0.3, -0.25) is 4.79 Å². The number of ether oxygens (including phenoxy) is 1. The summed E-state index contributed by atoms with van der Waals surface area (Å²) in [5.74, 6) is 5.49. The maximum atomic E-state index is 12.9. The van der Waals surface area contributed by atoms with E-state index in [1.54, 1.807) is 5.57 Å². The lowest BCUT2D eigenvalue weighted by atomic mass is 9.47. The molecule has 9 unspecified atom stereocenters. The highest BCUT2D eigenvalue weighted by Gasteiger charge is 2.59. The average molecular weight is 721 g/mol. The van der Waals surface area contributed by atoms with E-state index in [-0.39, 0.29) is 12.1 Å². The van der Waals surface area contributed by atoms with Gasteiger partial charge in [0.15, 0.2) is 0 Å². The van der Waals surface area contributed by atoms with Crippen LogP contribution in [0.1, 0.15) is 228 Å². The fourth-order valence-electron chi connectivity index (χ4n) is 11.9. The van der Waals surface area contributed by atoms with Crippen molar-refractivity contribution in [2.24, 2.45) is 52.3 Å². The first-order chi connectivity index (χ1) is 25.1. The summed E-state index contributed by atoms with van der Waals surface area (Å²) in [6.07, 6.45) is 44.9. The Hall–Kier alpha value is -1.05. The van der Waals surface area contributed by atoms with Crippen LogP contribution in [-0.2, 0) is 9.53 Å². The summed E-state index contributed by atoms with van der Waals surface area (Å²) in [6.45, 7) is 17.2. The smallest absolute Gasteiger partial charge is 0.306 e. The lowest BCUT2D eigenvalue weighted by Crippen LogP contribution is -2.51. The molecule has 0 aliphatic heterocycles. The molecule has 4 rings (SSSR count). The van der Waals surface area contributed by atoms with Gasteiger partial charge in [-0.2, -0.15) is 0 Å². The van der Waals surface area contributed by atoms with Crippen molar-refractivity contribution >= 4 is 5.97 Å². The van der Waals surface area contributed by atoms with E-state index in [2.05, 4.69) is 66.7 Å². The first-order valence-corrected chi connectivity index (χ1v) is 23.7. The van der Waals surface area contributed by atoms with Crippen LogP contribution in [0.5, 0.6) is 0 Å². The number of unbranched alkanes of at least 4 members (excludes halogenated alkanes) is 18. The van der Waals surface area contributed by atoms with Crippen LogP contribution in [0.4, 0.5) is 0 Å². The largest absolute Gasteiger partial charge is 0.462 e. The van der Waals surface area contributed by atoms with Crippen molar-refractivity contribution in [2.75, 3.05) is 0 Å². The van der Waals surface area contributed by atoms with Gasteiger partial charge in [-0.1, -0.05) is 188 Å². The Labute approximate surface area is 324 Å². The Morgan fingerprint density at radius 1 is 0.712 bits per heavy atom. The summed E-state index contributed by atoms with van der Waals surface area (Å²) >= 11 is 0. The van der Waals surface area contributed by atoms with E-state index in [0.717, 1.165) is 48.9 Å². The van der Waals surface area contributed by atoms with Gasteiger partial charge in [-0.25, -0.2) is 0 Å². The number of carbonyl (C=O) groups excluding carboxylic acids is 1. The quantitative estimate of drug-likeness (QED) is 0.0533. The van der Waals surface area contributed by atoms with Crippen molar-refractivity contribution in [3.63, 3.8) is 0 Å². The maximum Gasteiger partial charge on any atom is 0.306 e. The molecule has 0 saturated heterocycles. The molecule has 52 heavy (non-hydrogen) atoms. The molecule has 0 amide bonds. The Balaban J connectivity index is 1.05. The van der Waals surface area contributed by atoms with Crippen molar-refractivity contribution in [3.8, 4) is 0 Å². The van der Waals surface area contributed by atoms with Crippen LogP contribution < -0.4 is 0 Å². The van der Waals surface area contributed by atoms with Crippen molar-refractivity contribution in [1.82, 2.24) is 0 Å². The molecule has 2 nitrogen and oxygen atoms in total. The van der Waals surface area contributed by atoms with Gasteiger partial charge in [0.05, 0.1) is 0 Å². The fourth-order valence-corrected chi connectivity index (χ4v) is 11.9. The molecule has 0 spiro atoms. The monoisotopic (exact) mass is 721 g/mol. The molecular weight excluding hydrogens is 633 g/mol. The molecule has 3 saturated carbocycles. The molecule has 0 aromatic rings. The van der Waals surface area contributed by atoms with Gasteiger partial charge in [-0.15, -0.1) is 0 Å². The van der Waals surface area contributed by atoms with Gasteiger partial charge >= 0.3 is 5.97 Å². The van der Waals surface area contributed by atoms with Crippen LogP contribution in [0.25, 0.3) is 0 Å². The molecule has 4 aliphatic rings. The predicted octanol–water partition coefficient (Wildman–Crippen LogP) is 15.8. The van der Waals surface area contributed by atoms with Crippen LogP contribution >= 0.6 is 0 Å². The molecule has 0 bridgehead atoms. The SMILES string of the molecule is CCCCCCCCCCCCCCCCCCCCCC(=O)OC1CCC2(C)C(=CCC3C2CCC2(C)C(C(C)/C=C/C(C)C(C)C)CCC32)C1. The molecule has 9 atom stereocenters. The van der Waals surface area contributed by atoms with Gasteiger partial charge in [0.1, 0.15) is 6.10 Å². The average Bonchev–Trinajstić information content (AvgIpc) is 3.48. The second-order valence-corrected chi connectivity index (χ2v) is 19.8. The molecule has 0 radical (unpaired) electrons. The zero-order valence-corrected chi connectivity index (χ0v) is 36.0. The number of hydrogen-bond donors (Lipinski definition) is 0. The zero-order valence-electron chi connectivity index (χ0n) is 36.0. The van der Waals surface area contributed by atoms with Crippen LogP contribution in [0.3, 0.4) is 0 Å². The molecule has 0 aromatic carbocycles. The lowest BCUT2D eigenvalue weighted by Gasteiger charge is -2.58. The molecule has 300 valence electrons. The molecule has 0 heterocycles. The normalized spacial score (nSPS) is 31.2. The summed E-state index contributed by atoms with van der Waals surface area (Å²) in [7, 11) is 0. The summed E-state index contributed by atoms with van der Waals surface area (Å²) in [5.41, 5.74) is 2.45. The number of carbonyl (C=O) groups is 1. The minimum atomic E-state index is 0.0613. The topological polar surface area (TPSA) is 26.3 Å². The fraction of sp³-hybridized carbons (Fsp3) is 0.900. The number of esters is 1. The summed E-state index contributed by atoms with van der Waals surface area (Å²) in [6, 6.07) is 0. The Kier molecular flexibility index (Phi) is 18.9. The van der Waals surface area contributed by atoms with Crippen LogP contribution in [0.2, 0.25) is 0 Å². The van der Waals surface area contributed by atoms with E-state index in [4.69, 9.17) is 4.74 Å². The molecular formula is C50H88O2. The van der Waals surface area contributed by atoms with E-state index in [1.165, 1.54) is 154 Å². The minimum Gasteiger partial charge on any atom is -0.462 e. The summed E-state index contributed by atoms with van der Waals surface area (Å²) < 4.78 is 6.15. The zero-order chi connectivity index (χ0) is 37.4. The second kappa shape index (κ2) is 22.5. The van der Waals surface area contributed by atoms with Gasteiger partial charge in [0, 0.05) is 12.8 Å². The third-order valence-corrected chi connectivity index (χ3v) is 15.8. The summed E-state index contributed by atoms with van der Waals surface area (Å²) in [4.78, 5) is 12.9. The van der Waals surface area contributed by atoms with Gasteiger partial charge in [0.2, 0.25) is 0 Å². The van der Waals surface area contributed by atoms with Crippen LogP contribution in [0.15, 0.2) is 23.8 Å². The van der Waals surface area contributed by atoms with Crippen molar-refractivity contribution in [1.29, 1.82) is 0 Å². The Morgan fingerprint density at radius 3 is 1.83 bits per heavy atom. The predicted molar refractivity (Wildman–Crippen MR) is 225 cm³/mol. The first kappa shape index (κ1) is 43.7. The van der Waals surface area contributed by atoms with E-state index in [1.807, 2.05) is 0 Å². The number of allylic oxidation sites excluding steroid dienone is 3. The first-order valence-electron chi connectivity index (χ1n) is 23.7. The van der Waals surface area contributed by atoms with Crippen LogP contribution in [0, 0.1) is 52.3 Å². The highest BCUT2D eigenvalue weighted by Crippen LogP contribution is 2.67. The van der Waals surface area contributed by atoms with Gasteiger partial charge in [-0.05, 0) is 104 Å². The van der Waals surface area contributed by atoms with E-state index >= 15 is 0 Å². The minimum absolute atomic E-state index is 0.0613. The van der Waals surface area contributed by atoms with Gasteiger partial charge in [0.25, 0.3) is 0 Å². The van der Waals surface area contributed by atoms with Crippen LogP contribution in [-0.4, -0.2) is 12.1 Å². The Bertz CT molecular complexity index is 1070. The lowest BCUT2D eigenvalue weighted by molar-refractivity contribution is -0.151. The standard InChI is InChI=1S/C50H88O2/c1-8-9-10-11-12-13-14-15-16-17-18-19-20-21-22-23-24-25-26-27-48(51)52-43-34-36-49(6)42(38-43)30-31-44-46-33-32-45(50(46,7)37-35-47(44)49)41(5)29-28-40(4)39(2)3/h28-30,39-41,43-47H,8-27,31-38H2,1-7H3/b29-28+. The number of rotatable bonds is 25. The summed E-state index contributed by atoms with van der Waals surface area (Å²) in [5, 5.41) is 0. The van der Waals surface area contributed by atoms with E-state index < -0.39 is 0 Å². The van der Waals surface area contributed by atoms with Crippen molar-refractivity contribution in [2.45, 2.75) is 234 Å². The third kappa shape index (κ3) is 12.5. The molecule has 4 aliphatic carbocycles. The van der Waals surface area contributed by atoms with Crippen molar-refractivity contribution < 1.29 is 9.53 Å². The van der Waals surface area contributed by atoms with Gasteiger partial charge < -0.3 is 4.74 Å². The molecule has 2 heteroatoms. The third-order valence-electron chi connectivity index (χ3n) is 15.8. The molecule has 3 fully saturated rings. The highest BCUT2D eigenvalue weighted by atomic mass is 16.5. The second-order valence-electron chi connectivity index (χ2n) is 19.8. The maximum absolute atomic E-state index is 12.9. The Morgan fingerprint density at radius 2 is 1.27 bits per heavy atom.